The predicted molar refractivity (Wildman–Crippen MR) is 116 cm³/mol. The van der Waals surface area contributed by atoms with Crippen LogP contribution in [0.15, 0.2) is 47.4 Å². The van der Waals surface area contributed by atoms with Crippen molar-refractivity contribution >= 4 is 27.5 Å². The molecule has 1 N–H and O–H groups in total. The molecule has 1 amide bonds. The Morgan fingerprint density at radius 1 is 1.17 bits per heavy atom. The summed E-state index contributed by atoms with van der Waals surface area (Å²) < 4.78 is 41.8. The van der Waals surface area contributed by atoms with E-state index in [1.54, 1.807) is 6.07 Å². The van der Waals surface area contributed by atoms with Crippen molar-refractivity contribution in [3.63, 3.8) is 0 Å². The van der Waals surface area contributed by atoms with E-state index >= 15 is 0 Å². The molecular formula is C22H26ClFN2O3S. The van der Waals surface area contributed by atoms with E-state index in [9.17, 15) is 17.6 Å². The van der Waals surface area contributed by atoms with E-state index in [1.807, 2.05) is 32.0 Å². The number of nitrogens with zero attached hydrogens (tertiary/aromatic N) is 1. The fourth-order valence-corrected chi connectivity index (χ4v) is 5.83. The van der Waals surface area contributed by atoms with Gasteiger partial charge in [0, 0.05) is 24.7 Å². The van der Waals surface area contributed by atoms with Gasteiger partial charge in [-0.1, -0.05) is 43.6 Å². The van der Waals surface area contributed by atoms with Crippen LogP contribution in [0.5, 0.6) is 0 Å². The van der Waals surface area contributed by atoms with Crippen LogP contribution < -0.4 is 5.32 Å². The van der Waals surface area contributed by atoms with E-state index in [0.29, 0.717) is 24.5 Å². The van der Waals surface area contributed by atoms with E-state index in [0.717, 1.165) is 24.1 Å². The first-order chi connectivity index (χ1) is 14.2. The Hall–Kier alpha value is -1.96. The lowest BCUT2D eigenvalue weighted by atomic mass is 9.94. The van der Waals surface area contributed by atoms with Crippen molar-refractivity contribution in [1.29, 1.82) is 0 Å². The molecule has 1 heterocycles. The van der Waals surface area contributed by atoms with Gasteiger partial charge in [-0.05, 0) is 54.5 Å². The molecule has 30 heavy (non-hydrogen) atoms. The van der Waals surface area contributed by atoms with Gasteiger partial charge in [-0.2, -0.15) is 4.31 Å². The maximum Gasteiger partial charge on any atom is 0.254 e. The number of amides is 1. The predicted octanol–water partition coefficient (Wildman–Crippen LogP) is 4.12. The van der Waals surface area contributed by atoms with Gasteiger partial charge >= 0.3 is 0 Å². The molecule has 1 aliphatic heterocycles. The third kappa shape index (κ3) is 5.20. The Kier molecular flexibility index (Phi) is 7.16. The molecule has 1 aliphatic rings. The first-order valence-corrected chi connectivity index (χ1v) is 11.8. The summed E-state index contributed by atoms with van der Waals surface area (Å²) in [5.41, 5.74) is 0.581. The third-order valence-corrected chi connectivity index (χ3v) is 7.49. The molecule has 2 aromatic rings. The lowest BCUT2D eigenvalue weighted by molar-refractivity contribution is 0.0950. The molecular weight excluding hydrogens is 427 g/mol. The van der Waals surface area contributed by atoms with Gasteiger partial charge in [0.05, 0.1) is 10.5 Å². The summed E-state index contributed by atoms with van der Waals surface area (Å²) in [6, 6.07) is 10.6. The second kappa shape index (κ2) is 9.45. The first kappa shape index (κ1) is 22.7. The molecule has 2 aromatic carbocycles. The van der Waals surface area contributed by atoms with Crippen molar-refractivity contribution < 1.29 is 17.6 Å². The van der Waals surface area contributed by atoms with Gasteiger partial charge in [-0.15, -0.1) is 0 Å². The Morgan fingerprint density at radius 2 is 1.83 bits per heavy atom. The number of piperidine rings is 1. The molecule has 8 heteroatoms. The van der Waals surface area contributed by atoms with Crippen LogP contribution in [0.2, 0.25) is 5.02 Å². The smallest absolute Gasteiger partial charge is 0.254 e. The number of sulfonamides is 1. The average molecular weight is 453 g/mol. The van der Waals surface area contributed by atoms with Crippen LogP contribution >= 0.6 is 11.6 Å². The van der Waals surface area contributed by atoms with Crippen molar-refractivity contribution in [1.82, 2.24) is 9.62 Å². The van der Waals surface area contributed by atoms with E-state index in [2.05, 4.69) is 5.32 Å². The minimum Gasteiger partial charge on any atom is -0.352 e. The number of rotatable bonds is 6. The molecule has 1 saturated heterocycles. The number of carbonyl (C=O) groups is 1. The van der Waals surface area contributed by atoms with Crippen molar-refractivity contribution in [3.05, 3.63) is 64.4 Å². The molecule has 0 aliphatic carbocycles. The number of hydrogen-bond donors (Lipinski definition) is 1. The van der Waals surface area contributed by atoms with E-state index in [1.165, 1.54) is 10.4 Å². The molecule has 3 rings (SSSR count). The zero-order valence-corrected chi connectivity index (χ0v) is 18.6. The Bertz CT molecular complexity index is 1020. The molecule has 0 spiro atoms. The SMILES string of the molecule is C[C@H]1C[C@H](C)CN(S(=O)(=O)c2ccc(F)c(C(=O)NCCc3ccccc3Cl)c2)C1. The van der Waals surface area contributed by atoms with Crippen molar-refractivity contribution in [2.24, 2.45) is 11.8 Å². The summed E-state index contributed by atoms with van der Waals surface area (Å²) in [6.45, 7) is 5.12. The highest BCUT2D eigenvalue weighted by Crippen LogP contribution is 2.27. The average Bonchev–Trinajstić information content (AvgIpc) is 2.68. The van der Waals surface area contributed by atoms with Gasteiger partial charge in [0.2, 0.25) is 10.0 Å². The van der Waals surface area contributed by atoms with Gasteiger partial charge < -0.3 is 5.32 Å². The maximum absolute atomic E-state index is 14.3. The summed E-state index contributed by atoms with van der Waals surface area (Å²) in [4.78, 5) is 12.4. The van der Waals surface area contributed by atoms with Crippen molar-refractivity contribution in [2.45, 2.75) is 31.6 Å². The minimum atomic E-state index is -3.80. The zero-order chi connectivity index (χ0) is 21.9. The number of benzene rings is 2. The van der Waals surface area contributed by atoms with Crippen LogP contribution in [0, 0.1) is 17.7 Å². The molecule has 0 aromatic heterocycles. The van der Waals surface area contributed by atoms with Crippen LogP contribution in [-0.4, -0.2) is 38.3 Å². The van der Waals surface area contributed by atoms with Gasteiger partial charge in [0.25, 0.3) is 5.91 Å². The van der Waals surface area contributed by atoms with Gasteiger partial charge in [0.15, 0.2) is 0 Å². The van der Waals surface area contributed by atoms with Crippen molar-refractivity contribution in [2.75, 3.05) is 19.6 Å². The fourth-order valence-electron chi connectivity index (χ4n) is 3.90. The Balaban J connectivity index is 1.74. The van der Waals surface area contributed by atoms with Gasteiger partial charge in [-0.25, -0.2) is 12.8 Å². The molecule has 0 unspecified atom stereocenters. The summed E-state index contributed by atoms with van der Waals surface area (Å²) in [5, 5.41) is 3.24. The molecule has 0 radical (unpaired) electrons. The van der Waals surface area contributed by atoms with Crippen LogP contribution in [-0.2, 0) is 16.4 Å². The van der Waals surface area contributed by atoms with Gasteiger partial charge in [-0.3, -0.25) is 4.79 Å². The van der Waals surface area contributed by atoms with E-state index in [4.69, 9.17) is 11.6 Å². The zero-order valence-electron chi connectivity index (χ0n) is 17.1. The van der Waals surface area contributed by atoms with Crippen molar-refractivity contribution in [3.8, 4) is 0 Å². The molecule has 0 bridgehead atoms. The first-order valence-electron chi connectivity index (χ1n) is 9.99. The summed E-state index contributed by atoms with van der Waals surface area (Å²) in [5.74, 6) is -0.922. The van der Waals surface area contributed by atoms with E-state index in [-0.39, 0.29) is 28.8 Å². The lowest BCUT2D eigenvalue weighted by Gasteiger charge is -2.34. The van der Waals surface area contributed by atoms with Gasteiger partial charge in [0.1, 0.15) is 5.82 Å². The van der Waals surface area contributed by atoms with Crippen LogP contribution in [0.4, 0.5) is 4.39 Å². The van der Waals surface area contributed by atoms with Crippen LogP contribution in [0.25, 0.3) is 0 Å². The summed E-state index contributed by atoms with van der Waals surface area (Å²) >= 11 is 6.10. The highest BCUT2D eigenvalue weighted by Gasteiger charge is 2.32. The number of nitrogens with one attached hydrogen (secondary N) is 1. The monoisotopic (exact) mass is 452 g/mol. The molecule has 1 fully saturated rings. The largest absolute Gasteiger partial charge is 0.352 e. The lowest BCUT2D eigenvalue weighted by Crippen LogP contribution is -2.42. The number of hydrogen-bond acceptors (Lipinski definition) is 3. The normalized spacial score (nSPS) is 20.1. The summed E-state index contributed by atoms with van der Waals surface area (Å²) in [7, 11) is -3.80. The quantitative estimate of drug-likeness (QED) is 0.717. The highest BCUT2D eigenvalue weighted by atomic mass is 35.5. The maximum atomic E-state index is 14.3. The summed E-state index contributed by atoms with van der Waals surface area (Å²) in [6.07, 6.45) is 1.45. The third-order valence-electron chi connectivity index (χ3n) is 5.29. The second-order valence-electron chi connectivity index (χ2n) is 8.01. The topological polar surface area (TPSA) is 66.5 Å². The van der Waals surface area contributed by atoms with Crippen LogP contribution in [0.1, 0.15) is 36.2 Å². The van der Waals surface area contributed by atoms with E-state index < -0.39 is 21.7 Å². The number of carbonyl (C=O) groups excluding carboxylic acids is 1. The fraction of sp³-hybridized carbons (Fsp3) is 0.409. The molecule has 2 atom stereocenters. The standard InChI is InChI=1S/C22H26ClFN2O3S/c1-15-11-16(2)14-26(13-15)30(28,29)18-7-8-21(24)19(12-18)22(27)25-10-9-17-5-3-4-6-20(17)23/h3-8,12,15-16H,9-11,13-14H2,1-2H3,(H,25,27)/t15-,16-/m0/s1. The Labute approximate surface area is 182 Å². The highest BCUT2D eigenvalue weighted by molar-refractivity contribution is 7.89. The Morgan fingerprint density at radius 3 is 2.50 bits per heavy atom. The molecule has 162 valence electrons. The molecule has 0 saturated carbocycles. The van der Waals surface area contributed by atoms with Crippen LogP contribution in [0.3, 0.4) is 0 Å². The number of halogens is 2. The minimum absolute atomic E-state index is 0.0681. The molecule has 5 nitrogen and oxygen atoms in total. The second-order valence-corrected chi connectivity index (χ2v) is 10.4.